The highest BCUT2D eigenvalue weighted by Gasteiger charge is 2.36. The highest BCUT2D eigenvalue weighted by molar-refractivity contribution is 5.73. The number of nitrogens with zero attached hydrogens (tertiary/aromatic N) is 3. The van der Waals surface area contributed by atoms with Crippen LogP contribution >= 0.6 is 0 Å². The lowest BCUT2D eigenvalue weighted by Crippen LogP contribution is -2.53. The monoisotopic (exact) mass is 295 g/mol. The SMILES string of the molecule is CC(=O)N1CCN([C@@H]2CN(C[C@H]3CCOC3)C[C@H]2C)CC1. The van der Waals surface area contributed by atoms with Gasteiger partial charge in [0.2, 0.25) is 5.91 Å². The van der Waals surface area contributed by atoms with Gasteiger partial charge >= 0.3 is 0 Å². The molecule has 5 heteroatoms. The average molecular weight is 295 g/mol. The smallest absolute Gasteiger partial charge is 0.219 e. The minimum atomic E-state index is 0.219. The first-order valence-electron chi connectivity index (χ1n) is 8.43. The molecule has 21 heavy (non-hydrogen) atoms. The predicted octanol–water partition coefficient (Wildman–Crippen LogP) is 0.507. The second-order valence-electron chi connectivity index (χ2n) is 7.03. The Morgan fingerprint density at radius 3 is 2.57 bits per heavy atom. The summed E-state index contributed by atoms with van der Waals surface area (Å²) >= 11 is 0. The van der Waals surface area contributed by atoms with Gasteiger partial charge < -0.3 is 14.5 Å². The largest absolute Gasteiger partial charge is 0.381 e. The molecular formula is C16H29N3O2. The topological polar surface area (TPSA) is 36.0 Å². The van der Waals surface area contributed by atoms with Crippen molar-refractivity contribution < 1.29 is 9.53 Å². The number of carbonyl (C=O) groups is 1. The van der Waals surface area contributed by atoms with Crippen molar-refractivity contribution in [3.8, 4) is 0 Å². The van der Waals surface area contributed by atoms with Crippen molar-refractivity contribution in [1.29, 1.82) is 0 Å². The van der Waals surface area contributed by atoms with Crippen LogP contribution in [0.4, 0.5) is 0 Å². The summed E-state index contributed by atoms with van der Waals surface area (Å²) < 4.78 is 5.50. The Hall–Kier alpha value is -0.650. The molecule has 0 saturated carbocycles. The van der Waals surface area contributed by atoms with Crippen LogP contribution in [-0.4, -0.2) is 85.7 Å². The Morgan fingerprint density at radius 2 is 1.95 bits per heavy atom. The van der Waals surface area contributed by atoms with Gasteiger partial charge in [0.05, 0.1) is 6.61 Å². The molecule has 0 aromatic rings. The van der Waals surface area contributed by atoms with Crippen molar-refractivity contribution in [2.24, 2.45) is 11.8 Å². The molecule has 3 heterocycles. The van der Waals surface area contributed by atoms with Gasteiger partial charge in [-0.25, -0.2) is 0 Å². The van der Waals surface area contributed by atoms with Gasteiger partial charge in [-0.2, -0.15) is 0 Å². The van der Waals surface area contributed by atoms with E-state index < -0.39 is 0 Å². The number of carbonyl (C=O) groups excluding carboxylic acids is 1. The van der Waals surface area contributed by atoms with Gasteiger partial charge in [-0.1, -0.05) is 6.92 Å². The molecule has 3 saturated heterocycles. The first-order valence-corrected chi connectivity index (χ1v) is 8.43. The van der Waals surface area contributed by atoms with Gasteiger partial charge in [0.15, 0.2) is 0 Å². The van der Waals surface area contributed by atoms with E-state index >= 15 is 0 Å². The van der Waals surface area contributed by atoms with Gasteiger partial charge in [0.25, 0.3) is 0 Å². The van der Waals surface area contributed by atoms with Gasteiger partial charge in [0.1, 0.15) is 0 Å². The van der Waals surface area contributed by atoms with Crippen LogP contribution < -0.4 is 0 Å². The predicted molar refractivity (Wildman–Crippen MR) is 82.1 cm³/mol. The zero-order chi connectivity index (χ0) is 14.8. The minimum Gasteiger partial charge on any atom is -0.381 e. The van der Waals surface area contributed by atoms with Crippen molar-refractivity contribution in [3.05, 3.63) is 0 Å². The molecule has 0 aliphatic carbocycles. The molecule has 3 rings (SSSR count). The molecule has 3 aliphatic heterocycles. The van der Waals surface area contributed by atoms with Gasteiger partial charge in [-0.15, -0.1) is 0 Å². The van der Waals surface area contributed by atoms with E-state index in [0.29, 0.717) is 6.04 Å². The first kappa shape index (κ1) is 15.3. The molecule has 0 bridgehead atoms. The molecule has 120 valence electrons. The van der Waals surface area contributed by atoms with Crippen LogP contribution in [0.1, 0.15) is 20.3 Å². The van der Waals surface area contributed by atoms with Crippen LogP contribution in [0, 0.1) is 11.8 Å². The number of piperazine rings is 1. The van der Waals surface area contributed by atoms with Gasteiger partial charge in [-0.3, -0.25) is 9.69 Å². The number of ether oxygens (including phenoxy) is 1. The molecular weight excluding hydrogens is 266 g/mol. The Balaban J connectivity index is 1.48. The Labute approximate surface area is 128 Å². The molecule has 0 spiro atoms. The van der Waals surface area contributed by atoms with E-state index in [1.54, 1.807) is 6.92 Å². The van der Waals surface area contributed by atoms with Crippen LogP contribution in [0.25, 0.3) is 0 Å². The molecule has 3 atom stereocenters. The van der Waals surface area contributed by atoms with E-state index in [0.717, 1.165) is 51.2 Å². The van der Waals surface area contributed by atoms with Gasteiger partial charge in [0, 0.05) is 65.4 Å². The maximum Gasteiger partial charge on any atom is 0.219 e. The first-order chi connectivity index (χ1) is 10.1. The Bertz CT molecular complexity index is 363. The molecule has 3 aliphatic rings. The summed E-state index contributed by atoms with van der Waals surface area (Å²) in [6.07, 6.45) is 1.23. The maximum absolute atomic E-state index is 11.4. The third kappa shape index (κ3) is 3.58. The van der Waals surface area contributed by atoms with Gasteiger partial charge in [-0.05, 0) is 18.3 Å². The molecule has 3 fully saturated rings. The summed E-state index contributed by atoms with van der Waals surface area (Å²) in [7, 11) is 0. The van der Waals surface area contributed by atoms with Crippen LogP contribution in [0.15, 0.2) is 0 Å². The van der Waals surface area contributed by atoms with Crippen LogP contribution in [0.5, 0.6) is 0 Å². The second kappa shape index (κ2) is 6.63. The van der Waals surface area contributed by atoms with E-state index in [2.05, 4.69) is 16.7 Å². The van der Waals surface area contributed by atoms with Crippen molar-refractivity contribution in [3.63, 3.8) is 0 Å². The fourth-order valence-corrected chi connectivity index (χ4v) is 4.13. The number of amides is 1. The average Bonchev–Trinajstić information content (AvgIpc) is 3.09. The van der Waals surface area contributed by atoms with E-state index in [4.69, 9.17) is 4.74 Å². The molecule has 0 radical (unpaired) electrons. The van der Waals surface area contributed by atoms with Crippen molar-refractivity contribution >= 4 is 5.91 Å². The second-order valence-corrected chi connectivity index (χ2v) is 7.03. The number of hydrogen-bond donors (Lipinski definition) is 0. The Morgan fingerprint density at radius 1 is 1.19 bits per heavy atom. The van der Waals surface area contributed by atoms with Crippen LogP contribution in [-0.2, 0) is 9.53 Å². The number of likely N-dealkylation sites (tertiary alicyclic amines) is 1. The summed E-state index contributed by atoms with van der Waals surface area (Å²) in [5.74, 6) is 1.69. The third-order valence-corrected chi connectivity index (χ3v) is 5.42. The zero-order valence-electron chi connectivity index (χ0n) is 13.5. The number of rotatable bonds is 3. The third-order valence-electron chi connectivity index (χ3n) is 5.42. The molecule has 1 amide bonds. The quantitative estimate of drug-likeness (QED) is 0.760. The van der Waals surface area contributed by atoms with Crippen LogP contribution in [0.2, 0.25) is 0 Å². The molecule has 0 N–H and O–H groups in total. The fraction of sp³-hybridized carbons (Fsp3) is 0.938. The van der Waals surface area contributed by atoms with Crippen LogP contribution in [0.3, 0.4) is 0 Å². The van der Waals surface area contributed by atoms with E-state index in [-0.39, 0.29) is 5.91 Å². The highest BCUT2D eigenvalue weighted by atomic mass is 16.5. The van der Waals surface area contributed by atoms with Crippen molar-refractivity contribution in [2.75, 3.05) is 59.0 Å². The molecule has 0 unspecified atom stereocenters. The Kier molecular flexibility index (Phi) is 4.82. The summed E-state index contributed by atoms with van der Waals surface area (Å²) in [5.41, 5.74) is 0. The maximum atomic E-state index is 11.4. The van der Waals surface area contributed by atoms with E-state index in [1.165, 1.54) is 26.1 Å². The lowest BCUT2D eigenvalue weighted by Gasteiger charge is -2.39. The lowest BCUT2D eigenvalue weighted by molar-refractivity contribution is -0.130. The molecule has 5 nitrogen and oxygen atoms in total. The normalized spacial score (nSPS) is 35.5. The van der Waals surface area contributed by atoms with E-state index in [1.807, 2.05) is 4.90 Å². The van der Waals surface area contributed by atoms with Crippen molar-refractivity contribution in [1.82, 2.24) is 14.7 Å². The van der Waals surface area contributed by atoms with E-state index in [9.17, 15) is 4.79 Å². The highest BCUT2D eigenvalue weighted by Crippen LogP contribution is 2.25. The molecule has 0 aromatic carbocycles. The van der Waals surface area contributed by atoms with Crippen molar-refractivity contribution in [2.45, 2.75) is 26.3 Å². The standard InChI is InChI=1S/C16H29N3O2/c1-13-9-17(10-15-3-8-21-12-15)11-16(13)19-6-4-18(5-7-19)14(2)20/h13,15-16H,3-12H2,1-2H3/t13-,15-,16-/m1/s1. The summed E-state index contributed by atoms with van der Waals surface area (Å²) in [6, 6.07) is 0.668. The summed E-state index contributed by atoms with van der Waals surface area (Å²) in [6.45, 7) is 13.4. The zero-order valence-corrected chi connectivity index (χ0v) is 13.5. The summed E-state index contributed by atoms with van der Waals surface area (Å²) in [4.78, 5) is 18.6. The minimum absolute atomic E-state index is 0.219. The lowest BCUT2D eigenvalue weighted by atomic mass is 10.0. The molecule has 0 aromatic heterocycles. The number of hydrogen-bond acceptors (Lipinski definition) is 4. The summed E-state index contributed by atoms with van der Waals surface area (Å²) in [5, 5.41) is 0. The fourth-order valence-electron chi connectivity index (χ4n) is 4.13.